The summed E-state index contributed by atoms with van der Waals surface area (Å²) < 4.78 is 104. The Labute approximate surface area is 185 Å². The van der Waals surface area contributed by atoms with Crippen molar-refractivity contribution in [1.82, 2.24) is 9.21 Å². The fraction of sp³-hybridized carbons (Fsp3) is 0.350. The third-order valence-electron chi connectivity index (χ3n) is 5.00. The van der Waals surface area contributed by atoms with Gasteiger partial charge in [0.1, 0.15) is 0 Å². The molecule has 1 aliphatic rings. The van der Waals surface area contributed by atoms with E-state index in [1.807, 2.05) is 0 Å². The highest BCUT2D eigenvalue weighted by molar-refractivity contribution is 7.89. The van der Waals surface area contributed by atoms with E-state index in [4.69, 9.17) is 0 Å². The topological polar surface area (TPSA) is 69.7 Å². The van der Waals surface area contributed by atoms with Crippen molar-refractivity contribution in [2.75, 3.05) is 38.0 Å². The zero-order valence-electron chi connectivity index (χ0n) is 16.9. The second-order valence-corrected chi connectivity index (χ2v) is 9.24. The van der Waals surface area contributed by atoms with E-state index in [0.717, 1.165) is 34.6 Å². The number of halogens is 6. The number of rotatable bonds is 5. The van der Waals surface area contributed by atoms with Crippen LogP contribution in [-0.2, 0) is 27.2 Å². The predicted octanol–water partition coefficient (Wildman–Crippen LogP) is 3.67. The molecule has 0 unspecified atom stereocenters. The number of nitrogens with zero attached hydrogens (tertiary/aromatic N) is 2. The molecule has 1 aliphatic heterocycles. The van der Waals surface area contributed by atoms with Crippen LogP contribution in [0, 0.1) is 0 Å². The molecule has 180 valence electrons. The first kappa shape index (κ1) is 25.0. The minimum Gasteiger partial charge on any atom is -0.324 e. The molecule has 0 aromatic heterocycles. The molecule has 0 radical (unpaired) electrons. The molecular formula is C20H19F6N3O3S. The first-order chi connectivity index (χ1) is 15.3. The highest BCUT2D eigenvalue weighted by atomic mass is 32.2. The Bertz CT molecular complexity index is 1110. The molecule has 33 heavy (non-hydrogen) atoms. The van der Waals surface area contributed by atoms with Gasteiger partial charge in [-0.3, -0.25) is 9.69 Å². The third kappa shape index (κ3) is 6.03. The van der Waals surface area contributed by atoms with Crippen molar-refractivity contribution in [3.05, 3.63) is 59.7 Å². The number of carbonyl (C=O) groups excluding carboxylic acids is 1. The smallest absolute Gasteiger partial charge is 0.324 e. The van der Waals surface area contributed by atoms with Crippen LogP contribution in [0.2, 0.25) is 0 Å². The number of hydrogen-bond acceptors (Lipinski definition) is 4. The van der Waals surface area contributed by atoms with Gasteiger partial charge in [-0.2, -0.15) is 30.6 Å². The van der Waals surface area contributed by atoms with E-state index in [2.05, 4.69) is 5.32 Å². The molecule has 6 nitrogen and oxygen atoms in total. The van der Waals surface area contributed by atoms with E-state index in [1.165, 1.54) is 12.1 Å². The average Bonchev–Trinajstić information content (AvgIpc) is 2.73. The molecule has 0 aliphatic carbocycles. The quantitative estimate of drug-likeness (QED) is 0.643. The SMILES string of the molecule is O=C(CN1CCN(S(=O)(=O)c2cccc(C(F)(F)F)c2)CC1)Nc1ccccc1C(F)(F)F. The van der Waals surface area contributed by atoms with Gasteiger partial charge in [-0.25, -0.2) is 8.42 Å². The van der Waals surface area contributed by atoms with Crippen LogP contribution in [-0.4, -0.2) is 56.3 Å². The second-order valence-electron chi connectivity index (χ2n) is 7.30. The van der Waals surface area contributed by atoms with Gasteiger partial charge in [0.05, 0.1) is 28.3 Å². The van der Waals surface area contributed by atoms with Gasteiger partial charge in [0, 0.05) is 26.2 Å². The maximum atomic E-state index is 13.1. The number of hydrogen-bond donors (Lipinski definition) is 1. The van der Waals surface area contributed by atoms with Gasteiger partial charge in [0.15, 0.2) is 0 Å². The van der Waals surface area contributed by atoms with Crippen molar-refractivity contribution < 1.29 is 39.6 Å². The van der Waals surface area contributed by atoms with E-state index in [9.17, 15) is 39.6 Å². The lowest BCUT2D eigenvalue weighted by atomic mass is 10.1. The van der Waals surface area contributed by atoms with E-state index < -0.39 is 44.3 Å². The van der Waals surface area contributed by atoms with Gasteiger partial charge in [0.2, 0.25) is 15.9 Å². The molecule has 1 amide bonds. The average molecular weight is 495 g/mol. The number of carbonyl (C=O) groups is 1. The van der Waals surface area contributed by atoms with Gasteiger partial charge >= 0.3 is 12.4 Å². The van der Waals surface area contributed by atoms with E-state index in [-0.39, 0.29) is 38.4 Å². The standard InChI is InChI=1S/C20H19F6N3O3S/c21-19(22,23)14-4-3-5-15(12-14)33(31,32)29-10-8-28(9-11-29)13-18(30)27-17-7-2-1-6-16(17)20(24,25)26/h1-7,12H,8-11,13H2,(H,27,30). The fourth-order valence-corrected chi connectivity index (χ4v) is 4.81. The van der Waals surface area contributed by atoms with Crippen molar-refractivity contribution in [1.29, 1.82) is 0 Å². The second kappa shape index (κ2) is 9.31. The fourth-order valence-electron chi connectivity index (χ4n) is 3.34. The Morgan fingerprint density at radius 3 is 2.12 bits per heavy atom. The van der Waals surface area contributed by atoms with Crippen LogP contribution in [0.1, 0.15) is 11.1 Å². The van der Waals surface area contributed by atoms with Gasteiger partial charge in [-0.15, -0.1) is 0 Å². The van der Waals surface area contributed by atoms with Gasteiger partial charge in [-0.1, -0.05) is 18.2 Å². The van der Waals surface area contributed by atoms with Crippen LogP contribution >= 0.6 is 0 Å². The molecule has 1 fully saturated rings. The third-order valence-corrected chi connectivity index (χ3v) is 6.90. The van der Waals surface area contributed by atoms with Crippen LogP contribution in [0.3, 0.4) is 0 Å². The maximum Gasteiger partial charge on any atom is 0.418 e. The highest BCUT2D eigenvalue weighted by Gasteiger charge is 2.35. The number of anilines is 1. The van der Waals surface area contributed by atoms with Crippen molar-refractivity contribution in [2.45, 2.75) is 17.2 Å². The van der Waals surface area contributed by atoms with Gasteiger partial charge in [0.25, 0.3) is 0 Å². The Morgan fingerprint density at radius 2 is 1.52 bits per heavy atom. The van der Waals surface area contributed by atoms with Gasteiger partial charge in [-0.05, 0) is 30.3 Å². The number of amides is 1. The Balaban J connectivity index is 1.61. The lowest BCUT2D eigenvalue weighted by molar-refractivity contribution is -0.138. The molecule has 0 saturated carbocycles. The van der Waals surface area contributed by atoms with Crippen LogP contribution in [0.5, 0.6) is 0 Å². The van der Waals surface area contributed by atoms with Crippen molar-refractivity contribution in [2.24, 2.45) is 0 Å². The van der Waals surface area contributed by atoms with Crippen LogP contribution in [0.15, 0.2) is 53.4 Å². The van der Waals surface area contributed by atoms with Crippen molar-refractivity contribution >= 4 is 21.6 Å². The maximum absolute atomic E-state index is 13.1. The van der Waals surface area contributed by atoms with Crippen LogP contribution < -0.4 is 5.32 Å². The van der Waals surface area contributed by atoms with Crippen molar-refractivity contribution in [3.63, 3.8) is 0 Å². The highest BCUT2D eigenvalue weighted by Crippen LogP contribution is 2.34. The molecule has 1 saturated heterocycles. The molecule has 0 bridgehead atoms. The summed E-state index contributed by atoms with van der Waals surface area (Å²) in [5, 5.41) is 2.21. The first-order valence-electron chi connectivity index (χ1n) is 9.64. The molecule has 3 rings (SSSR count). The number of benzene rings is 2. The van der Waals surface area contributed by atoms with Crippen LogP contribution in [0.4, 0.5) is 32.0 Å². The number of alkyl halides is 6. The normalized spacial score (nSPS) is 16.5. The molecular weight excluding hydrogens is 476 g/mol. The number of sulfonamides is 1. The summed E-state index contributed by atoms with van der Waals surface area (Å²) in [7, 11) is -4.19. The Morgan fingerprint density at radius 1 is 0.879 bits per heavy atom. The molecule has 1 N–H and O–H groups in total. The molecule has 0 atom stereocenters. The summed E-state index contributed by atoms with van der Waals surface area (Å²) >= 11 is 0. The predicted molar refractivity (Wildman–Crippen MR) is 107 cm³/mol. The Kier molecular flexibility index (Phi) is 7.05. The van der Waals surface area contributed by atoms with Gasteiger partial charge < -0.3 is 5.32 Å². The molecule has 1 heterocycles. The van der Waals surface area contributed by atoms with Crippen molar-refractivity contribution in [3.8, 4) is 0 Å². The zero-order valence-corrected chi connectivity index (χ0v) is 17.8. The summed E-state index contributed by atoms with van der Waals surface area (Å²) in [5.74, 6) is -0.708. The lowest BCUT2D eigenvalue weighted by Crippen LogP contribution is -2.50. The summed E-state index contributed by atoms with van der Waals surface area (Å²) in [4.78, 5) is 13.3. The van der Waals surface area contributed by atoms with Crippen LogP contribution in [0.25, 0.3) is 0 Å². The summed E-state index contributed by atoms with van der Waals surface area (Å²) in [6.07, 6.45) is -9.34. The summed E-state index contributed by atoms with van der Waals surface area (Å²) in [6, 6.07) is 7.93. The minimum atomic E-state index is -4.69. The molecule has 0 spiro atoms. The summed E-state index contributed by atoms with van der Waals surface area (Å²) in [5.41, 5.74) is -2.46. The number of para-hydroxylation sites is 1. The minimum absolute atomic E-state index is 0.0759. The largest absolute Gasteiger partial charge is 0.418 e. The lowest BCUT2D eigenvalue weighted by Gasteiger charge is -2.33. The summed E-state index contributed by atoms with van der Waals surface area (Å²) in [6.45, 7) is -0.307. The van der Waals surface area contributed by atoms with E-state index in [0.29, 0.717) is 6.07 Å². The molecule has 13 heteroatoms. The van der Waals surface area contributed by atoms with E-state index in [1.54, 1.807) is 4.90 Å². The molecule has 2 aromatic carbocycles. The monoisotopic (exact) mass is 495 g/mol. The number of piperazine rings is 1. The molecule has 2 aromatic rings. The first-order valence-corrected chi connectivity index (χ1v) is 11.1. The van der Waals surface area contributed by atoms with E-state index >= 15 is 0 Å². The number of nitrogens with one attached hydrogen (secondary N) is 1. The Hall–Kier alpha value is -2.64. The zero-order chi connectivity index (χ0) is 24.4.